The average Bonchev–Trinajstić information content (AvgIpc) is 3.43. The van der Waals surface area contributed by atoms with Crippen LogP contribution in [-0.4, -0.2) is 67.1 Å². The lowest BCUT2D eigenvalue weighted by Crippen LogP contribution is -2.57. The van der Waals surface area contributed by atoms with Gasteiger partial charge in [-0.2, -0.15) is 0 Å². The van der Waals surface area contributed by atoms with Gasteiger partial charge >= 0.3 is 0 Å². The SMILES string of the molecule is CCOC(C)OC(C)(C)[C@H](F)CC[C@@H](CI)[C@H]1CC[C@H]2[C@@H]3CC=C4C[C@@H](OC5CCCCO5)C[C@H](OC5CCCCO5)[C@]4(C)[C@H]3CC[C@]12C. The molecule has 0 aromatic heterocycles. The monoisotopic (exact) mass is 802 g/mol. The maximum atomic E-state index is 15.8. The fraction of sp³-hybridized carbons (Fsp3) is 0.951. The minimum atomic E-state index is -1.02. The molecule has 13 atom stereocenters. The van der Waals surface area contributed by atoms with Crippen molar-refractivity contribution in [1.29, 1.82) is 0 Å². The summed E-state index contributed by atoms with van der Waals surface area (Å²) in [5, 5.41) is 0. The molecule has 2 aliphatic heterocycles. The molecular formula is C41H68FIO6. The van der Waals surface area contributed by atoms with Gasteiger partial charge in [-0.15, -0.1) is 0 Å². The van der Waals surface area contributed by atoms with Crippen LogP contribution >= 0.6 is 22.6 Å². The van der Waals surface area contributed by atoms with Crippen molar-refractivity contribution in [1.82, 2.24) is 0 Å². The Bertz CT molecular complexity index is 1090. The maximum absolute atomic E-state index is 15.8. The molecule has 0 aromatic carbocycles. The smallest absolute Gasteiger partial charge is 0.157 e. The zero-order chi connectivity index (χ0) is 34.8. The predicted molar refractivity (Wildman–Crippen MR) is 200 cm³/mol. The summed E-state index contributed by atoms with van der Waals surface area (Å²) in [6.07, 6.45) is 17.6. The highest BCUT2D eigenvalue weighted by Gasteiger charge is 2.62. The third-order valence-electron chi connectivity index (χ3n) is 14.3. The minimum absolute atomic E-state index is 0.00471. The highest BCUT2D eigenvalue weighted by molar-refractivity contribution is 14.1. The van der Waals surface area contributed by atoms with E-state index in [1.54, 1.807) is 5.57 Å². The normalized spacial score (nSPS) is 41.6. The molecule has 0 spiro atoms. The molecule has 5 fully saturated rings. The third kappa shape index (κ3) is 8.30. The Morgan fingerprint density at radius 3 is 2.33 bits per heavy atom. The van der Waals surface area contributed by atoms with Gasteiger partial charge in [-0.05, 0) is 153 Å². The van der Waals surface area contributed by atoms with Crippen LogP contribution in [0.4, 0.5) is 4.39 Å². The second-order valence-electron chi connectivity index (χ2n) is 17.5. The number of hydrogen-bond acceptors (Lipinski definition) is 6. The lowest BCUT2D eigenvalue weighted by molar-refractivity contribution is -0.248. The van der Waals surface area contributed by atoms with E-state index in [9.17, 15) is 0 Å². The Morgan fingerprint density at radius 2 is 1.67 bits per heavy atom. The fourth-order valence-electron chi connectivity index (χ4n) is 11.7. The topological polar surface area (TPSA) is 55.4 Å². The molecule has 0 amide bonds. The number of ether oxygens (including phenoxy) is 6. The van der Waals surface area contributed by atoms with E-state index in [1.807, 2.05) is 27.7 Å². The zero-order valence-corrected chi connectivity index (χ0v) is 33.7. The van der Waals surface area contributed by atoms with E-state index in [4.69, 9.17) is 28.4 Å². The van der Waals surface area contributed by atoms with Crippen molar-refractivity contribution in [3.05, 3.63) is 11.6 Å². The summed E-state index contributed by atoms with van der Waals surface area (Å²) in [7, 11) is 0. The van der Waals surface area contributed by atoms with E-state index in [2.05, 4.69) is 42.5 Å². The van der Waals surface area contributed by atoms with E-state index < -0.39 is 18.1 Å². The van der Waals surface area contributed by atoms with Gasteiger partial charge in [0, 0.05) is 36.1 Å². The van der Waals surface area contributed by atoms with E-state index >= 15 is 4.39 Å². The Kier molecular flexibility index (Phi) is 13.2. The Balaban J connectivity index is 1.16. The van der Waals surface area contributed by atoms with Crippen LogP contribution in [0.25, 0.3) is 0 Å². The summed E-state index contributed by atoms with van der Waals surface area (Å²) in [6, 6.07) is 0. The number of fused-ring (bicyclic) bond motifs is 5. The molecule has 49 heavy (non-hydrogen) atoms. The highest BCUT2D eigenvalue weighted by Crippen LogP contribution is 2.68. The number of rotatable bonds is 14. The van der Waals surface area contributed by atoms with E-state index in [-0.39, 0.29) is 30.2 Å². The average molecular weight is 803 g/mol. The van der Waals surface area contributed by atoms with Crippen molar-refractivity contribution >= 4 is 22.6 Å². The van der Waals surface area contributed by atoms with Crippen LogP contribution in [-0.2, 0) is 28.4 Å². The van der Waals surface area contributed by atoms with Crippen molar-refractivity contribution in [2.45, 2.75) is 181 Å². The molecule has 4 aliphatic carbocycles. The number of alkyl halides is 2. The van der Waals surface area contributed by atoms with Crippen LogP contribution in [0.5, 0.6) is 0 Å². The van der Waals surface area contributed by atoms with Crippen LogP contribution in [0.2, 0.25) is 0 Å². The van der Waals surface area contributed by atoms with Gasteiger partial charge in [0.25, 0.3) is 0 Å². The fourth-order valence-corrected chi connectivity index (χ4v) is 12.7. The molecule has 0 aromatic rings. The molecule has 8 heteroatoms. The van der Waals surface area contributed by atoms with Crippen molar-refractivity contribution in [3.8, 4) is 0 Å². The molecule has 0 bridgehead atoms. The first-order chi connectivity index (χ1) is 23.5. The summed E-state index contributed by atoms with van der Waals surface area (Å²) >= 11 is 2.59. The van der Waals surface area contributed by atoms with Gasteiger partial charge in [0.15, 0.2) is 18.9 Å². The molecule has 0 N–H and O–H groups in total. The minimum Gasteiger partial charge on any atom is -0.353 e. The Hall–Kier alpha value is 0.160. The lowest BCUT2D eigenvalue weighted by atomic mass is 9.46. The van der Waals surface area contributed by atoms with E-state index in [0.717, 1.165) is 62.6 Å². The van der Waals surface area contributed by atoms with Gasteiger partial charge in [0.05, 0.1) is 17.8 Å². The molecule has 2 saturated heterocycles. The molecule has 3 saturated carbocycles. The van der Waals surface area contributed by atoms with E-state index in [1.165, 1.54) is 44.9 Å². The first-order valence-corrected chi connectivity index (χ1v) is 21.7. The van der Waals surface area contributed by atoms with Crippen LogP contribution < -0.4 is 0 Å². The van der Waals surface area contributed by atoms with Crippen molar-refractivity contribution < 1.29 is 32.8 Å². The summed E-state index contributed by atoms with van der Waals surface area (Å²) in [5.41, 5.74) is 1.02. The molecule has 0 radical (unpaired) electrons. The number of hydrogen-bond donors (Lipinski definition) is 0. The van der Waals surface area contributed by atoms with Crippen LogP contribution in [0.1, 0.15) is 138 Å². The summed E-state index contributed by atoms with van der Waals surface area (Å²) in [6.45, 7) is 14.9. The lowest BCUT2D eigenvalue weighted by Gasteiger charge is -2.60. The van der Waals surface area contributed by atoms with Gasteiger partial charge < -0.3 is 28.4 Å². The standard InChI is InChI=1S/C41H68FIO6/c1-7-44-27(2)49-39(3,4)35(42)19-14-28(26-43)32-17-18-33-31-16-15-29-24-30(47-37-12-8-10-22-45-37)25-36(48-38-13-9-11-23-46-38)41(29,6)34(31)20-21-40(32,33)5/h15,27-28,30-38H,7-14,16-26H2,1-6H3/t27?,28-,30+,31-,32+,33-,34-,35+,36-,37?,38?,40+,41-/m0/s1. The van der Waals surface area contributed by atoms with Crippen molar-refractivity contribution in [2.24, 2.45) is 40.4 Å². The van der Waals surface area contributed by atoms with Crippen LogP contribution in [0, 0.1) is 40.4 Å². The summed E-state index contributed by atoms with van der Waals surface area (Å²) < 4.78 is 54.4. The Morgan fingerprint density at radius 1 is 0.959 bits per heavy atom. The Labute approximate surface area is 311 Å². The van der Waals surface area contributed by atoms with E-state index in [0.29, 0.717) is 48.0 Å². The second kappa shape index (κ2) is 16.7. The molecule has 6 aliphatic rings. The third-order valence-corrected chi connectivity index (χ3v) is 15.5. The number of allylic oxidation sites excluding steroid dienone is 1. The second-order valence-corrected chi connectivity index (χ2v) is 18.4. The molecular weight excluding hydrogens is 734 g/mol. The van der Waals surface area contributed by atoms with Crippen LogP contribution in [0.15, 0.2) is 11.6 Å². The molecule has 282 valence electrons. The van der Waals surface area contributed by atoms with Gasteiger partial charge in [-0.3, -0.25) is 0 Å². The number of halogens is 2. The zero-order valence-electron chi connectivity index (χ0n) is 31.6. The van der Waals surface area contributed by atoms with Crippen molar-refractivity contribution in [2.75, 3.05) is 24.2 Å². The first-order valence-electron chi connectivity index (χ1n) is 20.2. The van der Waals surface area contributed by atoms with Crippen LogP contribution in [0.3, 0.4) is 0 Å². The molecule has 6 rings (SSSR count). The van der Waals surface area contributed by atoms with Gasteiger partial charge in [-0.25, -0.2) is 4.39 Å². The van der Waals surface area contributed by atoms with Gasteiger partial charge in [0.1, 0.15) is 6.17 Å². The quantitative estimate of drug-likeness (QED) is 0.0755. The summed E-state index contributed by atoms with van der Waals surface area (Å²) in [4.78, 5) is 0. The molecule has 2 heterocycles. The molecule has 3 unspecified atom stereocenters. The van der Waals surface area contributed by atoms with Gasteiger partial charge in [-0.1, -0.05) is 48.1 Å². The predicted octanol–water partition coefficient (Wildman–Crippen LogP) is 10.3. The maximum Gasteiger partial charge on any atom is 0.157 e. The molecule has 6 nitrogen and oxygen atoms in total. The summed E-state index contributed by atoms with van der Waals surface area (Å²) in [5.74, 6) is 3.18. The largest absolute Gasteiger partial charge is 0.353 e. The van der Waals surface area contributed by atoms with Crippen molar-refractivity contribution in [3.63, 3.8) is 0 Å². The first kappa shape index (κ1) is 38.9. The highest BCUT2D eigenvalue weighted by atomic mass is 127. The van der Waals surface area contributed by atoms with Gasteiger partial charge in [0.2, 0.25) is 0 Å².